The van der Waals surface area contributed by atoms with Crippen molar-refractivity contribution < 1.29 is 4.52 Å². The summed E-state index contributed by atoms with van der Waals surface area (Å²) in [6.07, 6.45) is 2.47. The van der Waals surface area contributed by atoms with Crippen LogP contribution in [0, 0.1) is 11.8 Å². The molecule has 1 aromatic rings. The molecule has 4 rings (SSSR count). The van der Waals surface area contributed by atoms with Crippen LogP contribution < -0.4 is 5.32 Å². The zero-order chi connectivity index (χ0) is 11.2. The summed E-state index contributed by atoms with van der Waals surface area (Å²) in [4.78, 5) is 6.95. The van der Waals surface area contributed by atoms with Crippen molar-refractivity contribution >= 4 is 0 Å². The van der Waals surface area contributed by atoms with Gasteiger partial charge in [-0.2, -0.15) is 4.98 Å². The Kier molecular flexibility index (Phi) is 2.23. The van der Waals surface area contributed by atoms with Gasteiger partial charge in [-0.1, -0.05) is 5.16 Å². The molecule has 0 radical (unpaired) electrons. The third-order valence-corrected chi connectivity index (χ3v) is 4.25. The lowest BCUT2D eigenvalue weighted by Crippen LogP contribution is -2.25. The lowest BCUT2D eigenvalue weighted by atomic mass is 10.0. The van der Waals surface area contributed by atoms with Crippen LogP contribution in [0.3, 0.4) is 0 Å². The molecule has 2 saturated heterocycles. The molecule has 5 nitrogen and oxygen atoms in total. The number of rotatable bonds is 3. The Labute approximate surface area is 101 Å². The highest BCUT2D eigenvalue weighted by molar-refractivity contribution is 5.03. The van der Waals surface area contributed by atoms with E-state index in [9.17, 15) is 0 Å². The van der Waals surface area contributed by atoms with Gasteiger partial charge in [0.05, 0.1) is 6.54 Å². The van der Waals surface area contributed by atoms with Crippen molar-refractivity contribution in [1.82, 2.24) is 20.4 Å². The van der Waals surface area contributed by atoms with Gasteiger partial charge >= 0.3 is 0 Å². The molecule has 1 aliphatic carbocycles. The monoisotopic (exact) mass is 234 g/mol. The maximum Gasteiger partial charge on any atom is 0.240 e. The second kappa shape index (κ2) is 3.78. The molecule has 92 valence electrons. The molecule has 5 heteroatoms. The van der Waals surface area contributed by atoms with Crippen molar-refractivity contribution in [2.45, 2.75) is 25.3 Å². The Morgan fingerprint density at radius 2 is 2.00 bits per heavy atom. The first kappa shape index (κ1) is 10.0. The fraction of sp³-hybridized carbons (Fsp3) is 0.833. The fourth-order valence-corrected chi connectivity index (χ4v) is 3.11. The molecule has 0 aromatic carbocycles. The maximum absolute atomic E-state index is 5.33. The van der Waals surface area contributed by atoms with Crippen molar-refractivity contribution in [1.29, 1.82) is 0 Å². The molecule has 0 bridgehead atoms. The molecular weight excluding hydrogens is 216 g/mol. The predicted octanol–water partition coefficient (Wildman–Crippen LogP) is 0.598. The molecule has 2 atom stereocenters. The smallest absolute Gasteiger partial charge is 0.240 e. The Hall–Kier alpha value is -0.940. The minimum atomic E-state index is 0.592. The molecule has 1 N–H and O–H groups in total. The number of fused-ring (bicyclic) bond motifs is 1. The van der Waals surface area contributed by atoms with E-state index < -0.39 is 0 Å². The first-order valence-corrected chi connectivity index (χ1v) is 6.64. The van der Waals surface area contributed by atoms with Crippen LogP contribution in [0.15, 0.2) is 4.52 Å². The number of aromatic nitrogens is 2. The van der Waals surface area contributed by atoms with Crippen molar-refractivity contribution in [3.63, 3.8) is 0 Å². The Balaban J connectivity index is 1.40. The summed E-state index contributed by atoms with van der Waals surface area (Å²) < 4.78 is 5.33. The summed E-state index contributed by atoms with van der Waals surface area (Å²) in [5, 5.41) is 7.53. The van der Waals surface area contributed by atoms with E-state index in [0.29, 0.717) is 5.92 Å². The minimum Gasteiger partial charge on any atom is -0.338 e. The highest BCUT2D eigenvalue weighted by Gasteiger charge is 2.36. The topological polar surface area (TPSA) is 54.2 Å². The number of likely N-dealkylation sites (tertiary alicyclic amines) is 1. The molecule has 0 unspecified atom stereocenters. The first-order chi connectivity index (χ1) is 8.38. The third kappa shape index (κ3) is 1.87. The first-order valence-electron chi connectivity index (χ1n) is 6.64. The SMILES string of the molecule is C1CC1c1noc(CN2C[C@H]3CNC[C@H]3C2)n1. The summed E-state index contributed by atoms with van der Waals surface area (Å²) in [7, 11) is 0. The standard InChI is InChI=1S/C12H18N4O/c1-2-8(1)12-14-11(17-15-12)7-16-5-9-3-13-4-10(9)6-16/h8-10,13H,1-7H2/t9-,10+. The molecule has 2 aliphatic heterocycles. The zero-order valence-corrected chi connectivity index (χ0v) is 9.93. The lowest BCUT2D eigenvalue weighted by Gasteiger charge is -2.13. The molecule has 1 aromatic heterocycles. The average molecular weight is 234 g/mol. The fourth-order valence-electron chi connectivity index (χ4n) is 3.11. The second-order valence-corrected chi connectivity index (χ2v) is 5.69. The molecule has 3 fully saturated rings. The van der Waals surface area contributed by atoms with Crippen molar-refractivity contribution in [2.24, 2.45) is 11.8 Å². The largest absolute Gasteiger partial charge is 0.338 e. The summed E-state index contributed by atoms with van der Waals surface area (Å²) >= 11 is 0. The van der Waals surface area contributed by atoms with E-state index in [2.05, 4.69) is 20.4 Å². The Morgan fingerprint density at radius 3 is 2.71 bits per heavy atom. The molecule has 0 spiro atoms. The lowest BCUT2D eigenvalue weighted by molar-refractivity contribution is 0.253. The third-order valence-electron chi connectivity index (χ3n) is 4.25. The normalized spacial score (nSPS) is 33.2. The van der Waals surface area contributed by atoms with Crippen LogP contribution in [0.4, 0.5) is 0 Å². The van der Waals surface area contributed by atoms with Gasteiger partial charge in [-0.15, -0.1) is 0 Å². The van der Waals surface area contributed by atoms with Gasteiger partial charge in [-0.25, -0.2) is 0 Å². The summed E-state index contributed by atoms with van der Waals surface area (Å²) in [5.41, 5.74) is 0. The van der Waals surface area contributed by atoms with Crippen molar-refractivity contribution in [3.05, 3.63) is 11.7 Å². The van der Waals surface area contributed by atoms with Crippen LogP contribution in [0.25, 0.3) is 0 Å². The maximum atomic E-state index is 5.33. The summed E-state index contributed by atoms with van der Waals surface area (Å²) in [6.45, 7) is 5.56. The molecule has 1 saturated carbocycles. The molecule has 3 aliphatic rings. The van der Waals surface area contributed by atoms with Gasteiger partial charge in [0.15, 0.2) is 5.82 Å². The molecule has 3 heterocycles. The van der Waals surface area contributed by atoms with Gasteiger partial charge < -0.3 is 9.84 Å². The van der Waals surface area contributed by atoms with Gasteiger partial charge in [0.25, 0.3) is 0 Å². The van der Waals surface area contributed by atoms with Crippen LogP contribution >= 0.6 is 0 Å². The van der Waals surface area contributed by atoms with Gasteiger partial charge in [-0.05, 0) is 37.8 Å². The Morgan fingerprint density at radius 1 is 1.24 bits per heavy atom. The van der Waals surface area contributed by atoms with E-state index in [4.69, 9.17) is 4.52 Å². The predicted molar refractivity (Wildman–Crippen MR) is 61.4 cm³/mol. The quantitative estimate of drug-likeness (QED) is 0.830. The zero-order valence-electron chi connectivity index (χ0n) is 9.93. The van der Waals surface area contributed by atoms with Crippen molar-refractivity contribution in [3.8, 4) is 0 Å². The van der Waals surface area contributed by atoms with E-state index in [-0.39, 0.29) is 0 Å². The van der Waals surface area contributed by atoms with Crippen LogP contribution in [0.5, 0.6) is 0 Å². The van der Waals surface area contributed by atoms with Gasteiger partial charge in [0.2, 0.25) is 5.89 Å². The second-order valence-electron chi connectivity index (χ2n) is 5.69. The molecule has 17 heavy (non-hydrogen) atoms. The Bertz CT molecular complexity index is 402. The van der Waals surface area contributed by atoms with Gasteiger partial charge in [0, 0.05) is 19.0 Å². The van der Waals surface area contributed by atoms with Crippen molar-refractivity contribution in [2.75, 3.05) is 26.2 Å². The van der Waals surface area contributed by atoms with Gasteiger partial charge in [-0.3, -0.25) is 4.90 Å². The van der Waals surface area contributed by atoms with E-state index in [0.717, 1.165) is 30.1 Å². The number of nitrogens with one attached hydrogen (secondary N) is 1. The highest BCUT2D eigenvalue weighted by atomic mass is 16.5. The van der Waals surface area contributed by atoms with Crippen LogP contribution in [0.1, 0.15) is 30.5 Å². The summed E-state index contributed by atoms with van der Waals surface area (Å²) in [6, 6.07) is 0. The highest BCUT2D eigenvalue weighted by Crippen LogP contribution is 2.38. The van der Waals surface area contributed by atoms with E-state index in [1.54, 1.807) is 0 Å². The number of nitrogens with zero attached hydrogens (tertiary/aromatic N) is 3. The number of hydrogen-bond acceptors (Lipinski definition) is 5. The van der Waals surface area contributed by atoms with E-state index in [1.807, 2.05) is 0 Å². The minimum absolute atomic E-state index is 0.592. The molecule has 0 amide bonds. The van der Waals surface area contributed by atoms with Crippen LogP contribution in [-0.2, 0) is 6.54 Å². The average Bonchev–Trinajstić information content (AvgIpc) is 2.72. The van der Waals surface area contributed by atoms with Crippen LogP contribution in [0.2, 0.25) is 0 Å². The summed E-state index contributed by atoms with van der Waals surface area (Å²) in [5.74, 6) is 4.00. The van der Waals surface area contributed by atoms with Gasteiger partial charge in [0.1, 0.15) is 0 Å². The molecular formula is C12H18N4O. The van der Waals surface area contributed by atoms with E-state index >= 15 is 0 Å². The van der Waals surface area contributed by atoms with Crippen LogP contribution in [-0.4, -0.2) is 41.2 Å². The van der Waals surface area contributed by atoms with E-state index in [1.165, 1.54) is 39.0 Å². The number of hydrogen-bond donors (Lipinski definition) is 1.